The Balaban J connectivity index is 2.09. The predicted octanol–water partition coefficient (Wildman–Crippen LogP) is 2.20. The maximum absolute atomic E-state index is 9.30. The molecule has 0 spiro atoms. The van der Waals surface area contributed by atoms with Crippen molar-refractivity contribution in [3.8, 4) is 11.5 Å². The van der Waals surface area contributed by atoms with E-state index in [2.05, 4.69) is 10.1 Å². The lowest BCUT2D eigenvalue weighted by Gasteiger charge is -2.15. The second-order valence-corrected chi connectivity index (χ2v) is 4.95. The lowest BCUT2D eigenvalue weighted by molar-refractivity contribution is 0.136. The molecule has 0 amide bonds. The third-order valence-electron chi connectivity index (χ3n) is 2.56. The molecule has 2 aromatic rings. The van der Waals surface area contributed by atoms with Gasteiger partial charge in [0.15, 0.2) is 5.82 Å². The van der Waals surface area contributed by atoms with Gasteiger partial charge in [0, 0.05) is 6.54 Å². The number of likely N-dealkylation sites (N-methyl/N-ethyl adjacent to an activating group) is 1. The molecule has 1 N–H and O–H groups in total. The SMILES string of the molecule is CC(O)CN(C)Cc1noc(-c2ccccc2Cl)n1. The number of aliphatic hydroxyl groups is 1. The van der Waals surface area contributed by atoms with Gasteiger partial charge in [-0.1, -0.05) is 28.9 Å². The lowest BCUT2D eigenvalue weighted by atomic mass is 10.2. The summed E-state index contributed by atoms with van der Waals surface area (Å²) in [5.41, 5.74) is 0.723. The maximum Gasteiger partial charge on any atom is 0.259 e. The summed E-state index contributed by atoms with van der Waals surface area (Å²) in [6.45, 7) is 2.80. The molecule has 1 aromatic carbocycles. The van der Waals surface area contributed by atoms with Gasteiger partial charge in [0.05, 0.1) is 23.2 Å². The van der Waals surface area contributed by atoms with Crippen molar-refractivity contribution in [1.82, 2.24) is 15.0 Å². The van der Waals surface area contributed by atoms with E-state index in [-0.39, 0.29) is 6.10 Å². The standard InChI is InChI=1S/C13H16ClN3O2/c1-9(18)7-17(2)8-12-15-13(19-16-12)10-5-3-4-6-11(10)14/h3-6,9,18H,7-8H2,1-2H3. The fraction of sp³-hybridized carbons (Fsp3) is 0.385. The summed E-state index contributed by atoms with van der Waals surface area (Å²) < 4.78 is 5.20. The van der Waals surface area contributed by atoms with E-state index < -0.39 is 0 Å². The van der Waals surface area contributed by atoms with Crippen LogP contribution in [0, 0.1) is 0 Å². The lowest BCUT2D eigenvalue weighted by Crippen LogP contribution is -2.27. The van der Waals surface area contributed by atoms with E-state index in [4.69, 9.17) is 16.1 Å². The average Bonchev–Trinajstić information content (AvgIpc) is 2.76. The predicted molar refractivity (Wildman–Crippen MR) is 72.8 cm³/mol. The van der Waals surface area contributed by atoms with Gasteiger partial charge in [-0.15, -0.1) is 0 Å². The number of aromatic nitrogens is 2. The number of benzene rings is 1. The molecule has 0 saturated carbocycles. The quantitative estimate of drug-likeness (QED) is 0.910. The second-order valence-electron chi connectivity index (χ2n) is 4.54. The second kappa shape index (κ2) is 6.14. The zero-order chi connectivity index (χ0) is 13.8. The minimum absolute atomic E-state index is 0.389. The van der Waals surface area contributed by atoms with Crippen LogP contribution in [0.2, 0.25) is 5.02 Å². The Morgan fingerprint density at radius 2 is 2.16 bits per heavy atom. The highest BCUT2D eigenvalue weighted by Crippen LogP contribution is 2.25. The molecule has 19 heavy (non-hydrogen) atoms. The largest absolute Gasteiger partial charge is 0.392 e. The topological polar surface area (TPSA) is 62.4 Å². The Kier molecular flexibility index (Phi) is 4.52. The molecular weight excluding hydrogens is 266 g/mol. The van der Waals surface area contributed by atoms with E-state index in [1.165, 1.54) is 0 Å². The number of aliphatic hydroxyl groups excluding tert-OH is 1. The monoisotopic (exact) mass is 281 g/mol. The van der Waals surface area contributed by atoms with Gasteiger partial charge in [-0.05, 0) is 26.1 Å². The van der Waals surface area contributed by atoms with Gasteiger partial charge in [0.25, 0.3) is 5.89 Å². The van der Waals surface area contributed by atoms with Gasteiger partial charge in [0.1, 0.15) is 0 Å². The zero-order valence-electron chi connectivity index (χ0n) is 10.9. The van der Waals surface area contributed by atoms with E-state index in [1.807, 2.05) is 30.1 Å². The van der Waals surface area contributed by atoms with Crippen LogP contribution in [0.4, 0.5) is 0 Å². The maximum atomic E-state index is 9.30. The molecule has 0 bridgehead atoms. The number of nitrogens with zero attached hydrogens (tertiary/aromatic N) is 3. The first-order valence-corrected chi connectivity index (χ1v) is 6.38. The normalized spacial score (nSPS) is 12.9. The van der Waals surface area contributed by atoms with Gasteiger partial charge >= 0.3 is 0 Å². The first-order chi connectivity index (χ1) is 9.06. The van der Waals surface area contributed by atoms with Crippen molar-refractivity contribution >= 4 is 11.6 Å². The number of halogens is 1. The van der Waals surface area contributed by atoms with Crippen LogP contribution in [0.25, 0.3) is 11.5 Å². The summed E-state index contributed by atoms with van der Waals surface area (Å²) in [7, 11) is 1.89. The molecule has 1 aromatic heterocycles. The molecule has 0 aliphatic heterocycles. The zero-order valence-corrected chi connectivity index (χ0v) is 11.6. The molecule has 2 rings (SSSR count). The molecule has 1 atom stereocenters. The molecule has 6 heteroatoms. The molecule has 5 nitrogen and oxygen atoms in total. The van der Waals surface area contributed by atoms with E-state index in [0.717, 1.165) is 5.56 Å². The Morgan fingerprint density at radius 3 is 2.84 bits per heavy atom. The molecule has 102 valence electrons. The van der Waals surface area contributed by atoms with E-state index in [9.17, 15) is 5.11 Å². The number of hydrogen-bond donors (Lipinski definition) is 1. The summed E-state index contributed by atoms with van der Waals surface area (Å²) in [5.74, 6) is 0.976. The highest BCUT2D eigenvalue weighted by atomic mass is 35.5. The van der Waals surface area contributed by atoms with Crippen LogP contribution in [0.3, 0.4) is 0 Å². The molecule has 0 aliphatic carbocycles. The summed E-state index contributed by atoms with van der Waals surface area (Å²) >= 11 is 6.07. The minimum atomic E-state index is -0.389. The van der Waals surface area contributed by atoms with Crippen LogP contribution >= 0.6 is 11.6 Å². The van der Waals surface area contributed by atoms with Crippen LogP contribution in [-0.2, 0) is 6.54 Å². The first kappa shape index (κ1) is 14.0. The molecule has 0 saturated heterocycles. The third kappa shape index (κ3) is 3.76. The molecule has 1 heterocycles. The van der Waals surface area contributed by atoms with E-state index >= 15 is 0 Å². The fourth-order valence-corrected chi connectivity index (χ4v) is 2.04. The molecule has 0 aliphatic rings. The van der Waals surface area contributed by atoms with Crippen LogP contribution in [0.15, 0.2) is 28.8 Å². The Morgan fingerprint density at radius 1 is 1.42 bits per heavy atom. The summed E-state index contributed by atoms with van der Waals surface area (Å²) in [6, 6.07) is 7.32. The Hall–Kier alpha value is -1.43. The van der Waals surface area contributed by atoms with Crippen molar-refractivity contribution in [3.05, 3.63) is 35.1 Å². The van der Waals surface area contributed by atoms with Crippen molar-refractivity contribution in [2.75, 3.05) is 13.6 Å². The highest BCUT2D eigenvalue weighted by Gasteiger charge is 2.13. The first-order valence-electron chi connectivity index (χ1n) is 6.00. The van der Waals surface area contributed by atoms with Gasteiger partial charge in [0.2, 0.25) is 0 Å². The van der Waals surface area contributed by atoms with Crippen molar-refractivity contribution in [1.29, 1.82) is 0 Å². The Labute approximate surface area is 116 Å². The highest BCUT2D eigenvalue weighted by molar-refractivity contribution is 6.33. The minimum Gasteiger partial charge on any atom is -0.392 e. The van der Waals surface area contributed by atoms with Gasteiger partial charge in [-0.3, -0.25) is 4.90 Å². The van der Waals surface area contributed by atoms with Crippen molar-refractivity contribution in [2.45, 2.75) is 19.6 Å². The van der Waals surface area contributed by atoms with Gasteiger partial charge < -0.3 is 9.63 Å². The van der Waals surface area contributed by atoms with Crippen molar-refractivity contribution in [3.63, 3.8) is 0 Å². The summed E-state index contributed by atoms with van der Waals surface area (Å²) in [4.78, 5) is 6.23. The summed E-state index contributed by atoms with van der Waals surface area (Å²) in [6.07, 6.45) is -0.389. The van der Waals surface area contributed by atoms with E-state index in [1.54, 1.807) is 13.0 Å². The van der Waals surface area contributed by atoms with E-state index in [0.29, 0.717) is 29.8 Å². The average molecular weight is 282 g/mol. The Bertz CT molecular complexity index is 542. The molecular formula is C13H16ClN3O2. The van der Waals surface area contributed by atoms with Crippen molar-refractivity contribution < 1.29 is 9.63 Å². The number of hydrogen-bond acceptors (Lipinski definition) is 5. The smallest absolute Gasteiger partial charge is 0.259 e. The molecule has 0 fully saturated rings. The number of rotatable bonds is 5. The third-order valence-corrected chi connectivity index (χ3v) is 2.89. The van der Waals surface area contributed by atoms with Crippen molar-refractivity contribution in [2.24, 2.45) is 0 Å². The van der Waals surface area contributed by atoms with Gasteiger partial charge in [-0.2, -0.15) is 4.98 Å². The van der Waals surface area contributed by atoms with Crippen LogP contribution in [0.1, 0.15) is 12.7 Å². The van der Waals surface area contributed by atoms with Gasteiger partial charge in [-0.25, -0.2) is 0 Å². The summed E-state index contributed by atoms with van der Waals surface area (Å²) in [5, 5.41) is 13.8. The fourth-order valence-electron chi connectivity index (χ4n) is 1.82. The van der Waals surface area contributed by atoms with Crippen LogP contribution in [0.5, 0.6) is 0 Å². The van der Waals surface area contributed by atoms with Crippen LogP contribution in [-0.4, -0.2) is 39.8 Å². The molecule has 1 unspecified atom stereocenters. The molecule has 0 radical (unpaired) electrons. The van der Waals surface area contributed by atoms with Crippen LogP contribution < -0.4 is 0 Å².